The minimum absolute atomic E-state index is 0.201. The molecule has 0 aliphatic carbocycles. The number of aldehydes is 1. The predicted octanol–water partition coefficient (Wildman–Crippen LogP) is 2.44. The lowest BCUT2D eigenvalue weighted by Crippen LogP contribution is -1.96. The summed E-state index contributed by atoms with van der Waals surface area (Å²) in [5.74, 6) is 5.01. The van der Waals surface area contributed by atoms with Gasteiger partial charge in [0.15, 0.2) is 16.1 Å². The quantitative estimate of drug-likeness (QED) is 0.632. The van der Waals surface area contributed by atoms with E-state index in [0.717, 1.165) is 6.26 Å². The molecule has 0 amide bonds. The highest BCUT2D eigenvalue weighted by Gasteiger charge is 2.05. The molecule has 0 bridgehead atoms. The van der Waals surface area contributed by atoms with Gasteiger partial charge in [-0.25, -0.2) is 12.8 Å². The first-order valence-corrected chi connectivity index (χ1v) is 7.86. The van der Waals surface area contributed by atoms with Crippen molar-refractivity contribution in [1.29, 1.82) is 0 Å². The third kappa shape index (κ3) is 3.77. The standard InChI is InChI=1S/C16H11FO3S/c1-21(19,20)16-8-3-12(4-9-16)2-5-13-10-15(17)7-6-14(13)11-18/h3-4,6-11H,1H3. The molecule has 2 aromatic carbocycles. The summed E-state index contributed by atoms with van der Waals surface area (Å²) in [7, 11) is -3.25. The number of hydrogen-bond acceptors (Lipinski definition) is 3. The van der Waals surface area contributed by atoms with Crippen LogP contribution in [0.1, 0.15) is 21.5 Å². The molecule has 106 valence electrons. The fourth-order valence-corrected chi connectivity index (χ4v) is 2.29. The molecular formula is C16H11FO3S. The summed E-state index contributed by atoms with van der Waals surface area (Å²) >= 11 is 0. The number of rotatable bonds is 2. The average molecular weight is 302 g/mol. The third-order valence-electron chi connectivity index (χ3n) is 2.77. The largest absolute Gasteiger partial charge is 0.298 e. The van der Waals surface area contributed by atoms with Crippen molar-refractivity contribution in [1.82, 2.24) is 0 Å². The van der Waals surface area contributed by atoms with Gasteiger partial charge in [-0.05, 0) is 42.5 Å². The van der Waals surface area contributed by atoms with E-state index in [4.69, 9.17) is 0 Å². The second kappa shape index (κ2) is 5.90. The monoisotopic (exact) mass is 302 g/mol. The second-order valence-corrected chi connectivity index (χ2v) is 6.41. The van der Waals surface area contributed by atoms with Gasteiger partial charge in [-0.2, -0.15) is 0 Å². The minimum atomic E-state index is -3.25. The van der Waals surface area contributed by atoms with E-state index in [1.807, 2.05) is 0 Å². The molecule has 0 aliphatic heterocycles. The first kappa shape index (κ1) is 14.9. The first-order valence-electron chi connectivity index (χ1n) is 5.97. The highest BCUT2D eigenvalue weighted by atomic mass is 32.2. The summed E-state index contributed by atoms with van der Waals surface area (Å²) in [4.78, 5) is 11.0. The maximum absolute atomic E-state index is 13.1. The van der Waals surface area contributed by atoms with E-state index in [0.29, 0.717) is 17.4 Å². The molecule has 0 spiro atoms. The normalized spacial score (nSPS) is 10.6. The van der Waals surface area contributed by atoms with Crippen LogP contribution >= 0.6 is 0 Å². The Hall–Kier alpha value is -2.45. The number of carbonyl (C=O) groups is 1. The van der Waals surface area contributed by atoms with Crippen LogP contribution in [0.4, 0.5) is 4.39 Å². The van der Waals surface area contributed by atoms with E-state index in [9.17, 15) is 17.6 Å². The number of carbonyl (C=O) groups excluding carboxylic acids is 1. The summed E-state index contributed by atoms with van der Waals surface area (Å²) in [6, 6.07) is 9.75. The summed E-state index contributed by atoms with van der Waals surface area (Å²) in [5, 5.41) is 0. The highest BCUT2D eigenvalue weighted by molar-refractivity contribution is 7.90. The van der Waals surface area contributed by atoms with E-state index >= 15 is 0 Å². The zero-order valence-corrected chi connectivity index (χ0v) is 11.9. The van der Waals surface area contributed by atoms with Gasteiger partial charge in [0, 0.05) is 22.9 Å². The van der Waals surface area contributed by atoms with E-state index in [1.54, 1.807) is 12.1 Å². The molecule has 0 unspecified atom stereocenters. The lowest BCUT2D eigenvalue weighted by Gasteiger charge is -1.98. The van der Waals surface area contributed by atoms with Gasteiger partial charge in [-0.3, -0.25) is 4.79 Å². The Morgan fingerprint density at radius 3 is 2.29 bits per heavy atom. The fourth-order valence-electron chi connectivity index (χ4n) is 1.66. The van der Waals surface area contributed by atoms with Crippen LogP contribution in [0.2, 0.25) is 0 Å². The average Bonchev–Trinajstić information content (AvgIpc) is 2.45. The molecule has 21 heavy (non-hydrogen) atoms. The Kier molecular flexibility index (Phi) is 4.20. The van der Waals surface area contributed by atoms with E-state index < -0.39 is 15.7 Å². The summed E-state index contributed by atoms with van der Waals surface area (Å²) in [6.07, 6.45) is 1.73. The van der Waals surface area contributed by atoms with Gasteiger partial charge in [0.25, 0.3) is 0 Å². The van der Waals surface area contributed by atoms with E-state index in [1.165, 1.54) is 30.3 Å². The van der Waals surface area contributed by atoms with Crippen molar-refractivity contribution in [3.63, 3.8) is 0 Å². The molecule has 3 nitrogen and oxygen atoms in total. The maximum Gasteiger partial charge on any atom is 0.175 e. The molecular weight excluding hydrogens is 291 g/mol. The summed E-state index contributed by atoms with van der Waals surface area (Å²) in [5.41, 5.74) is 1.16. The van der Waals surface area contributed by atoms with Crippen molar-refractivity contribution in [2.45, 2.75) is 4.90 Å². The van der Waals surface area contributed by atoms with Gasteiger partial charge in [0.2, 0.25) is 0 Å². The van der Waals surface area contributed by atoms with Crippen LogP contribution in [-0.2, 0) is 9.84 Å². The van der Waals surface area contributed by atoms with Gasteiger partial charge < -0.3 is 0 Å². The predicted molar refractivity (Wildman–Crippen MR) is 77.3 cm³/mol. The molecule has 0 heterocycles. The van der Waals surface area contributed by atoms with Crippen molar-refractivity contribution in [2.24, 2.45) is 0 Å². The number of benzene rings is 2. The minimum Gasteiger partial charge on any atom is -0.298 e. The lowest BCUT2D eigenvalue weighted by molar-refractivity contribution is 0.112. The van der Waals surface area contributed by atoms with Crippen LogP contribution < -0.4 is 0 Å². The zero-order valence-electron chi connectivity index (χ0n) is 11.1. The second-order valence-electron chi connectivity index (χ2n) is 4.40. The Balaban J connectivity index is 2.36. The summed E-state index contributed by atoms with van der Waals surface area (Å²) < 4.78 is 35.8. The van der Waals surface area contributed by atoms with Gasteiger partial charge in [0.05, 0.1) is 4.90 Å². The smallest absolute Gasteiger partial charge is 0.175 e. The Morgan fingerprint density at radius 2 is 1.71 bits per heavy atom. The molecule has 0 radical (unpaired) electrons. The third-order valence-corrected chi connectivity index (χ3v) is 3.89. The first-order chi connectivity index (χ1) is 9.90. The van der Waals surface area contributed by atoms with Crippen molar-refractivity contribution in [3.05, 3.63) is 65.0 Å². The maximum atomic E-state index is 13.1. The van der Waals surface area contributed by atoms with Crippen LogP contribution in [-0.4, -0.2) is 21.0 Å². The molecule has 2 rings (SSSR count). The Morgan fingerprint density at radius 1 is 1.05 bits per heavy atom. The van der Waals surface area contributed by atoms with Gasteiger partial charge in [-0.15, -0.1) is 0 Å². The van der Waals surface area contributed by atoms with Gasteiger partial charge in [0.1, 0.15) is 5.82 Å². The molecule has 0 N–H and O–H groups in total. The van der Waals surface area contributed by atoms with Crippen LogP contribution in [0.5, 0.6) is 0 Å². The highest BCUT2D eigenvalue weighted by Crippen LogP contribution is 2.11. The van der Waals surface area contributed by atoms with Crippen molar-refractivity contribution < 1.29 is 17.6 Å². The molecule has 0 aliphatic rings. The molecule has 5 heteroatoms. The van der Waals surface area contributed by atoms with E-state index in [-0.39, 0.29) is 10.5 Å². The molecule has 2 aromatic rings. The topological polar surface area (TPSA) is 51.2 Å². The van der Waals surface area contributed by atoms with Crippen molar-refractivity contribution >= 4 is 16.1 Å². The SMILES string of the molecule is CS(=O)(=O)c1ccc(C#Cc2cc(F)ccc2C=O)cc1. The fraction of sp³-hybridized carbons (Fsp3) is 0.0625. The zero-order chi connectivity index (χ0) is 15.5. The number of sulfone groups is 1. The number of halogens is 1. The van der Waals surface area contributed by atoms with Gasteiger partial charge in [-0.1, -0.05) is 11.8 Å². The lowest BCUT2D eigenvalue weighted by atomic mass is 10.1. The number of hydrogen-bond donors (Lipinski definition) is 0. The van der Waals surface area contributed by atoms with Crippen LogP contribution in [0.3, 0.4) is 0 Å². The van der Waals surface area contributed by atoms with Crippen LogP contribution in [0, 0.1) is 17.7 Å². The summed E-state index contributed by atoms with van der Waals surface area (Å²) in [6.45, 7) is 0. The molecule has 0 saturated carbocycles. The molecule has 0 saturated heterocycles. The van der Waals surface area contributed by atoms with Crippen molar-refractivity contribution in [2.75, 3.05) is 6.26 Å². The van der Waals surface area contributed by atoms with E-state index in [2.05, 4.69) is 11.8 Å². The Labute approximate surface area is 122 Å². The van der Waals surface area contributed by atoms with Crippen LogP contribution in [0.25, 0.3) is 0 Å². The Bertz CT molecular complexity index is 841. The molecule has 0 fully saturated rings. The van der Waals surface area contributed by atoms with Gasteiger partial charge >= 0.3 is 0 Å². The molecule has 0 atom stereocenters. The van der Waals surface area contributed by atoms with Crippen molar-refractivity contribution in [3.8, 4) is 11.8 Å². The van der Waals surface area contributed by atoms with Crippen LogP contribution in [0.15, 0.2) is 47.4 Å². The molecule has 0 aromatic heterocycles.